The van der Waals surface area contributed by atoms with E-state index in [1.54, 1.807) is 22.5 Å². The molecule has 0 aliphatic carbocycles. The van der Waals surface area contributed by atoms with Crippen molar-refractivity contribution in [1.82, 2.24) is 4.31 Å². The molecule has 1 fully saturated rings. The van der Waals surface area contributed by atoms with Crippen LogP contribution in [0, 0.1) is 0 Å². The van der Waals surface area contributed by atoms with E-state index in [1.165, 1.54) is 0 Å². The highest BCUT2D eigenvalue weighted by molar-refractivity contribution is 9.10. The molecule has 1 aliphatic heterocycles. The minimum Gasteiger partial charge on any atom is -0.375 e. The summed E-state index contributed by atoms with van der Waals surface area (Å²) in [6, 6.07) is 5.00. The molecule has 1 saturated heterocycles. The van der Waals surface area contributed by atoms with Crippen LogP contribution in [0.2, 0.25) is 0 Å². The predicted molar refractivity (Wildman–Crippen MR) is 87.1 cm³/mol. The number of halogens is 2. The van der Waals surface area contributed by atoms with Gasteiger partial charge in [0.05, 0.1) is 17.6 Å². The molecular formula is C14H19BrClNO3S. The third-order valence-corrected chi connectivity index (χ3v) is 6.83. The van der Waals surface area contributed by atoms with Gasteiger partial charge in [-0.15, -0.1) is 11.6 Å². The van der Waals surface area contributed by atoms with E-state index in [4.69, 9.17) is 16.3 Å². The van der Waals surface area contributed by atoms with Crippen LogP contribution in [0.25, 0.3) is 0 Å². The lowest BCUT2D eigenvalue weighted by atomic mass is 10.2. The number of rotatable bonds is 4. The summed E-state index contributed by atoms with van der Waals surface area (Å²) in [6.07, 6.45) is 0.632. The van der Waals surface area contributed by atoms with E-state index in [0.717, 1.165) is 12.0 Å². The summed E-state index contributed by atoms with van der Waals surface area (Å²) in [5, 5.41) is 0. The molecule has 2 rings (SSSR count). The zero-order chi connectivity index (χ0) is 15.6. The Morgan fingerprint density at radius 1 is 1.48 bits per heavy atom. The first-order valence-corrected chi connectivity index (χ1v) is 9.64. The van der Waals surface area contributed by atoms with E-state index in [0.29, 0.717) is 23.5 Å². The molecule has 0 spiro atoms. The van der Waals surface area contributed by atoms with E-state index >= 15 is 0 Å². The van der Waals surface area contributed by atoms with Crippen LogP contribution in [0.4, 0.5) is 0 Å². The van der Waals surface area contributed by atoms with Crippen LogP contribution in [-0.4, -0.2) is 38.0 Å². The molecule has 4 nitrogen and oxygen atoms in total. The molecular weight excluding hydrogens is 378 g/mol. The average Bonchev–Trinajstić information content (AvgIpc) is 2.46. The fourth-order valence-electron chi connectivity index (χ4n) is 2.39. The van der Waals surface area contributed by atoms with Crippen LogP contribution in [0.1, 0.15) is 25.8 Å². The molecule has 2 atom stereocenters. The first-order valence-electron chi connectivity index (χ1n) is 6.88. The third-order valence-electron chi connectivity index (χ3n) is 3.63. The molecule has 118 valence electrons. The van der Waals surface area contributed by atoms with Crippen molar-refractivity contribution in [2.45, 2.75) is 43.2 Å². The van der Waals surface area contributed by atoms with Crippen molar-refractivity contribution in [3.05, 3.63) is 28.2 Å². The van der Waals surface area contributed by atoms with Gasteiger partial charge in [0.15, 0.2) is 0 Å². The molecule has 21 heavy (non-hydrogen) atoms. The second-order valence-corrected chi connectivity index (χ2v) is 8.16. The molecule has 7 heteroatoms. The van der Waals surface area contributed by atoms with Crippen LogP contribution in [0.3, 0.4) is 0 Å². The molecule has 0 bridgehead atoms. The molecule has 1 aromatic rings. The lowest BCUT2D eigenvalue weighted by molar-refractivity contribution is -0.0230. The Morgan fingerprint density at radius 3 is 2.76 bits per heavy atom. The van der Waals surface area contributed by atoms with E-state index < -0.39 is 10.0 Å². The summed E-state index contributed by atoms with van der Waals surface area (Å²) < 4.78 is 33.5. The maximum Gasteiger partial charge on any atom is 0.244 e. The summed E-state index contributed by atoms with van der Waals surface area (Å²) in [5.41, 5.74) is 0.880. The average molecular weight is 397 g/mol. The Balaban J connectivity index is 2.40. The second kappa shape index (κ2) is 6.96. The van der Waals surface area contributed by atoms with Crippen molar-refractivity contribution in [3.63, 3.8) is 0 Å². The van der Waals surface area contributed by atoms with Gasteiger partial charge >= 0.3 is 0 Å². The maximum atomic E-state index is 12.9. The van der Waals surface area contributed by atoms with Gasteiger partial charge in [-0.3, -0.25) is 0 Å². The van der Waals surface area contributed by atoms with Crippen molar-refractivity contribution in [2.24, 2.45) is 0 Å². The Morgan fingerprint density at radius 2 is 2.19 bits per heavy atom. The molecule has 0 N–H and O–H groups in total. The lowest BCUT2D eigenvalue weighted by Crippen LogP contribution is -2.51. The van der Waals surface area contributed by atoms with E-state index in [2.05, 4.69) is 15.9 Å². The molecule has 1 aliphatic rings. The number of morpholine rings is 1. The zero-order valence-corrected chi connectivity index (χ0v) is 15.2. The molecule has 0 radical (unpaired) electrons. The Bertz CT molecular complexity index is 608. The highest BCUT2D eigenvalue weighted by Gasteiger charge is 2.36. The summed E-state index contributed by atoms with van der Waals surface area (Å²) in [6.45, 7) is 4.68. The first-order chi connectivity index (χ1) is 9.90. The van der Waals surface area contributed by atoms with Gasteiger partial charge in [0.1, 0.15) is 0 Å². The quantitative estimate of drug-likeness (QED) is 0.733. The van der Waals surface area contributed by atoms with Gasteiger partial charge in [0.2, 0.25) is 10.0 Å². The summed E-state index contributed by atoms with van der Waals surface area (Å²) in [5.74, 6) is 0.352. The largest absolute Gasteiger partial charge is 0.375 e. The van der Waals surface area contributed by atoms with E-state index in [-0.39, 0.29) is 17.0 Å². The normalized spacial score (nSPS) is 24.2. The highest BCUT2D eigenvalue weighted by Crippen LogP contribution is 2.30. The second-order valence-electron chi connectivity index (χ2n) is 5.18. The number of benzene rings is 1. The summed E-state index contributed by atoms with van der Waals surface area (Å²) in [4.78, 5) is 0.281. The molecule has 0 aromatic heterocycles. The van der Waals surface area contributed by atoms with Crippen LogP contribution < -0.4 is 0 Å². The van der Waals surface area contributed by atoms with E-state index in [1.807, 2.05) is 13.8 Å². The number of hydrogen-bond acceptors (Lipinski definition) is 3. The van der Waals surface area contributed by atoms with Crippen molar-refractivity contribution in [1.29, 1.82) is 0 Å². The van der Waals surface area contributed by atoms with E-state index in [9.17, 15) is 8.42 Å². The minimum atomic E-state index is -3.55. The SMILES string of the molecule is CCC1COC(C)CN1S(=O)(=O)c1ccc(CCl)cc1Br. The topological polar surface area (TPSA) is 46.6 Å². The van der Waals surface area contributed by atoms with Gasteiger partial charge in [-0.05, 0) is 47.0 Å². The monoisotopic (exact) mass is 395 g/mol. The number of nitrogens with zero attached hydrogens (tertiary/aromatic N) is 1. The van der Waals surface area contributed by atoms with Gasteiger partial charge in [-0.25, -0.2) is 8.42 Å². The number of sulfonamides is 1. The van der Waals surface area contributed by atoms with Crippen molar-refractivity contribution in [2.75, 3.05) is 13.2 Å². The standard InChI is InChI=1S/C14H19BrClNO3S/c1-3-12-9-20-10(2)8-17(12)21(18,19)14-5-4-11(7-16)6-13(14)15/h4-6,10,12H,3,7-9H2,1-2H3. The van der Waals surface area contributed by atoms with Crippen LogP contribution in [0.15, 0.2) is 27.6 Å². The number of hydrogen-bond donors (Lipinski definition) is 0. The van der Waals surface area contributed by atoms with Crippen LogP contribution >= 0.6 is 27.5 Å². The Hall–Kier alpha value is -0.140. The van der Waals surface area contributed by atoms with Crippen LogP contribution in [-0.2, 0) is 20.6 Å². The summed E-state index contributed by atoms with van der Waals surface area (Å²) >= 11 is 9.13. The zero-order valence-electron chi connectivity index (χ0n) is 12.1. The fraction of sp³-hybridized carbons (Fsp3) is 0.571. The number of alkyl halides is 1. The van der Waals surface area contributed by atoms with Crippen LogP contribution in [0.5, 0.6) is 0 Å². The highest BCUT2D eigenvalue weighted by atomic mass is 79.9. The first kappa shape index (κ1) is 17.2. The predicted octanol–water partition coefficient (Wildman–Crippen LogP) is 3.38. The molecule has 1 aromatic carbocycles. The minimum absolute atomic E-state index is 0.0940. The maximum absolute atomic E-state index is 12.9. The van der Waals surface area contributed by atoms with Crippen molar-refractivity contribution < 1.29 is 13.2 Å². The van der Waals surface area contributed by atoms with Gasteiger partial charge < -0.3 is 4.74 Å². The Kier molecular flexibility index (Phi) is 5.71. The molecule has 2 unspecified atom stereocenters. The fourth-order valence-corrected chi connectivity index (χ4v) is 5.41. The van der Waals surface area contributed by atoms with Crippen molar-refractivity contribution >= 4 is 37.6 Å². The number of ether oxygens (including phenoxy) is 1. The third kappa shape index (κ3) is 3.62. The summed E-state index contributed by atoms with van der Waals surface area (Å²) in [7, 11) is -3.55. The molecule has 1 heterocycles. The van der Waals surface area contributed by atoms with Gasteiger partial charge in [0, 0.05) is 22.9 Å². The smallest absolute Gasteiger partial charge is 0.244 e. The van der Waals surface area contributed by atoms with Gasteiger partial charge in [-0.1, -0.05) is 13.0 Å². The van der Waals surface area contributed by atoms with Crippen molar-refractivity contribution in [3.8, 4) is 0 Å². The lowest BCUT2D eigenvalue weighted by Gasteiger charge is -2.37. The Labute approximate surface area is 139 Å². The molecule has 0 amide bonds. The van der Waals surface area contributed by atoms with Gasteiger partial charge in [-0.2, -0.15) is 4.31 Å². The van der Waals surface area contributed by atoms with Gasteiger partial charge in [0.25, 0.3) is 0 Å². The molecule has 0 saturated carbocycles.